The second-order valence-electron chi connectivity index (χ2n) is 3.63. The fourth-order valence-electron chi connectivity index (χ4n) is 1.43. The van der Waals surface area contributed by atoms with Gasteiger partial charge in [-0.2, -0.15) is 8.78 Å². The highest BCUT2D eigenvalue weighted by molar-refractivity contribution is 5.80. The van der Waals surface area contributed by atoms with Gasteiger partial charge >= 0.3 is 12.4 Å². The fraction of sp³-hybridized carbons (Fsp3) is 0.273. The molecule has 0 radical (unpaired) electrons. The quantitative estimate of drug-likeness (QED) is 0.808. The van der Waals surface area contributed by atoms with E-state index in [1.165, 1.54) is 0 Å². The van der Waals surface area contributed by atoms with Crippen LogP contribution in [0.1, 0.15) is 18.0 Å². The molecule has 0 aromatic heterocycles. The Bertz CT molecular complexity index is 493. The standard InChI is InChI=1S/C11H9F4NO3/c12-5-1-2-6(7(13)3-5)8(4-9(17)18)16-11(19)10(14)15/h1-3,8,10H,4H2,(H,16,19)(H,17,18)/t8-/m1/s1. The van der Waals surface area contributed by atoms with Gasteiger partial charge in [-0.05, 0) is 6.07 Å². The van der Waals surface area contributed by atoms with Crippen molar-refractivity contribution >= 4 is 11.9 Å². The van der Waals surface area contributed by atoms with Crippen LogP contribution in [0.5, 0.6) is 0 Å². The molecule has 104 valence electrons. The molecule has 0 aliphatic carbocycles. The van der Waals surface area contributed by atoms with Crippen molar-refractivity contribution in [2.45, 2.75) is 18.9 Å². The van der Waals surface area contributed by atoms with E-state index in [1.807, 2.05) is 0 Å². The van der Waals surface area contributed by atoms with Gasteiger partial charge in [-0.15, -0.1) is 0 Å². The molecule has 1 atom stereocenters. The molecule has 1 amide bonds. The third kappa shape index (κ3) is 4.23. The molecule has 2 N–H and O–H groups in total. The van der Waals surface area contributed by atoms with Gasteiger partial charge < -0.3 is 10.4 Å². The Morgan fingerprint density at radius 2 is 1.89 bits per heavy atom. The number of nitrogens with one attached hydrogen (secondary N) is 1. The number of halogens is 4. The second-order valence-corrected chi connectivity index (χ2v) is 3.63. The first kappa shape index (κ1) is 14.9. The Hall–Kier alpha value is -2.12. The maximum absolute atomic E-state index is 13.4. The minimum Gasteiger partial charge on any atom is -0.481 e. The summed E-state index contributed by atoms with van der Waals surface area (Å²) in [6.07, 6.45) is -4.17. The smallest absolute Gasteiger partial charge is 0.315 e. The zero-order valence-electron chi connectivity index (χ0n) is 9.37. The fourth-order valence-corrected chi connectivity index (χ4v) is 1.43. The number of carbonyl (C=O) groups excluding carboxylic acids is 1. The van der Waals surface area contributed by atoms with Crippen molar-refractivity contribution in [1.82, 2.24) is 5.32 Å². The highest BCUT2D eigenvalue weighted by atomic mass is 19.3. The van der Waals surface area contributed by atoms with E-state index in [0.29, 0.717) is 6.07 Å². The predicted octanol–water partition coefficient (Wildman–Crippen LogP) is 1.86. The monoisotopic (exact) mass is 279 g/mol. The zero-order valence-corrected chi connectivity index (χ0v) is 9.37. The number of carboxylic acid groups (broad SMARTS) is 1. The van der Waals surface area contributed by atoms with E-state index in [4.69, 9.17) is 5.11 Å². The molecule has 4 nitrogen and oxygen atoms in total. The normalized spacial score (nSPS) is 12.3. The summed E-state index contributed by atoms with van der Waals surface area (Å²) in [5.74, 6) is -5.19. The maximum atomic E-state index is 13.4. The first-order valence-corrected chi connectivity index (χ1v) is 5.06. The summed E-state index contributed by atoms with van der Waals surface area (Å²) in [4.78, 5) is 21.4. The summed E-state index contributed by atoms with van der Waals surface area (Å²) >= 11 is 0. The summed E-state index contributed by atoms with van der Waals surface area (Å²) in [7, 11) is 0. The number of rotatable bonds is 5. The lowest BCUT2D eigenvalue weighted by atomic mass is 10.0. The minimum atomic E-state index is -3.36. The summed E-state index contributed by atoms with van der Waals surface area (Å²) in [5.41, 5.74) is -0.377. The van der Waals surface area contributed by atoms with Gasteiger partial charge in [0.1, 0.15) is 11.6 Å². The number of alkyl halides is 2. The molecule has 0 bridgehead atoms. The van der Waals surface area contributed by atoms with Gasteiger partial charge in [0.2, 0.25) is 0 Å². The number of hydrogen-bond acceptors (Lipinski definition) is 2. The molecule has 0 spiro atoms. The van der Waals surface area contributed by atoms with Gasteiger partial charge in [-0.25, -0.2) is 8.78 Å². The SMILES string of the molecule is O=C(O)C[C@@H](NC(=O)C(F)F)c1ccc(F)cc1F. The van der Waals surface area contributed by atoms with Gasteiger partial charge in [0.15, 0.2) is 0 Å². The van der Waals surface area contributed by atoms with E-state index in [1.54, 1.807) is 5.32 Å². The number of carbonyl (C=O) groups is 2. The van der Waals surface area contributed by atoms with Gasteiger partial charge in [-0.1, -0.05) is 6.07 Å². The predicted molar refractivity (Wildman–Crippen MR) is 55.5 cm³/mol. The van der Waals surface area contributed by atoms with Gasteiger partial charge in [-0.3, -0.25) is 9.59 Å². The molecular weight excluding hydrogens is 270 g/mol. The van der Waals surface area contributed by atoms with Crippen molar-refractivity contribution in [3.05, 3.63) is 35.4 Å². The Morgan fingerprint density at radius 1 is 1.26 bits per heavy atom. The number of amides is 1. The average molecular weight is 279 g/mol. The molecule has 1 aromatic rings. The Labute approximate surface area is 105 Å². The van der Waals surface area contributed by atoms with E-state index in [-0.39, 0.29) is 5.56 Å². The number of carboxylic acids is 1. The third-order valence-electron chi connectivity index (χ3n) is 2.23. The zero-order chi connectivity index (χ0) is 14.6. The van der Waals surface area contributed by atoms with Crippen LogP contribution in [0.4, 0.5) is 17.6 Å². The lowest BCUT2D eigenvalue weighted by molar-refractivity contribution is -0.138. The summed E-state index contributed by atoms with van der Waals surface area (Å²) < 4.78 is 50.3. The first-order valence-electron chi connectivity index (χ1n) is 5.06. The molecule has 1 aromatic carbocycles. The van der Waals surface area contributed by atoms with Crippen molar-refractivity contribution in [2.75, 3.05) is 0 Å². The van der Waals surface area contributed by atoms with Crippen LogP contribution in [-0.2, 0) is 9.59 Å². The Kier molecular flexibility index (Phi) is 4.85. The highest BCUT2D eigenvalue weighted by Gasteiger charge is 2.25. The minimum absolute atomic E-state index is 0.377. The first-order chi connectivity index (χ1) is 8.81. The third-order valence-corrected chi connectivity index (χ3v) is 2.23. The molecule has 19 heavy (non-hydrogen) atoms. The van der Waals surface area contributed by atoms with E-state index >= 15 is 0 Å². The highest BCUT2D eigenvalue weighted by Crippen LogP contribution is 2.21. The van der Waals surface area contributed by atoms with Crippen LogP contribution in [0, 0.1) is 11.6 Å². The van der Waals surface area contributed by atoms with Crippen molar-refractivity contribution in [2.24, 2.45) is 0 Å². The molecule has 0 fully saturated rings. The largest absolute Gasteiger partial charge is 0.481 e. The van der Waals surface area contributed by atoms with Crippen LogP contribution in [0.2, 0.25) is 0 Å². The van der Waals surface area contributed by atoms with Crippen LogP contribution in [0.3, 0.4) is 0 Å². The van der Waals surface area contributed by atoms with E-state index in [9.17, 15) is 27.2 Å². The van der Waals surface area contributed by atoms with Crippen molar-refractivity contribution in [3.63, 3.8) is 0 Å². The van der Waals surface area contributed by atoms with E-state index in [2.05, 4.69) is 0 Å². The van der Waals surface area contributed by atoms with E-state index in [0.717, 1.165) is 12.1 Å². The lowest BCUT2D eigenvalue weighted by Crippen LogP contribution is -2.34. The molecular formula is C11H9F4NO3. The molecule has 0 aliphatic rings. The summed E-state index contributed by atoms with van der Waals surface area (Å²) in [6, 6.07) is 0.699. The molecule has 8 heteroatoms. The Balaban J connectivity index is 3.02. The van der Waals surface area contributed by atoms with Gasteiger partial charge in [0.05, 0.1) is 12.5 Å². The van der Waals surface area contributed by atoms with Crippen LogP contribution in [-0.4, -0.2) is 23.4 Å². The number of aliphatic carboxylic acids is 1. The van der Waals surface area contributed by atoms with Gasteiger partial charge in [0, 0.05) is 11.6 Å². The molecule has 1 rings (SSSR count). The van der Waals surface area contributed by atoms with E-state index < -0.39 is 42.4 Å². The number of benzene rings is 1. The molecule has 0 heterocycles. The van der Waals surface area contributed by atoms with Gasteiger partial charge in [0.25, 0.3) is 5.91 Å². The van der Waals surface area contributed by atoms with Crippen molar-refractivity contribution in [3.8, 4) is 0 Å². The number of hydrogen-bond donors (Lipinski definition) is 2. The topological polar surface area (TPSA) is 66.4 Å². The van der Waals surface area contributed by atoms with Crippen LogP contribution in [0.15, 0.2) is 18.2 Å². The lowest BCUT2D eigenvalue weighted by Gasteiger charge is -2.17. The second kappa shape index (κ2) is 6.17. The average Bonchev–Trinajstić information content (AvgIpc) is 2.27. The van der Waals surface area contributed by atoms with Crippen molar-refractivity contribution < 1.29 is 32.3 Å². The molecule has 0 saturated heterocycles. The summed E-state index contributed by atoms with van der Waals surface area (Å²) in [5, 5.41) is 10.3. The van der Waals surface area contributed by atoms with Crippen LogP contribution < -0.4 is 5.32 Å². The summed E-state index contributed by atoms with van der Waals surface area (Å²) in [6.45, 7) is 0. The molecule has 0 aliphatic heterocycles. The maximum Gasteiger partial charge on any atom is 0.315 e. The molecule has 0 unspecified atom stereocenters. The molecule has 0 saturated carbocycles. The van der Waals surface area contributed by atoms with Crippen LogP contribution >= 0.6 is 0 Å². The van der Waals surface area contributed by atoms with Crippen molar-refractivity contribution in [1.29, 1.82) is 0 Å². The van der Waals surface area contributed by atoms with Crippen LogP contribution in [0.25, 0.3) is 0 Å². The Morgan fingerprint density at radius 3 is 2.37 bits per heavy atom.